The molecule has 0 bridgehead atoms. The van der Waals surface area contributed by atoms with Gasteiger partial charge >= 0.3 is 5.97 Å². The molecular formula is C20H32O4. The van der Waals surface area contributed by atoms with Gasteiger partial charge in [0.1, 0.15) is 0 Å². The molecule has 4 nitrogen and oxygen atoms in total. The molecule has 1 saturated heterocycles. The first-order valence-electron chi connectivity index (χ1n) is 9.27. The van der Waals surface area contributed by atoms with E-state index < -0.39 is 17.2 Å². The van der Waals surface area contributed by atoms with E-state index in [2.05, 4.69) is 34.3 Å². The summed E-state index contributed by atoms with van der Waals surface area (Å²) < 4.78 is 6.31. The molecule has 3 aliphatic rings. The third-order valence-corrected chi connectivity index (χ3v) is 7.88. The van der Waals surface area contributed by atoms with Crippen molar-refractivity contribution in [2.45, 2.75) is 83.5 Å². The van der Waals surface area contributed by atoms with Crippen LogP contribution in [0.2, 0.25) is 0 Å². The minimum Gasteiger partial charge on any atom is -0.479 e. The first-order valence-corrected chi connectivity index (χ1v) is 9.27. The van der Waals surface area contributed by atoms with Crippen LogP contribution >= 0.6 is 0 Å². The lowest BCUT2D eigenvalue weighted by molar-refractivity contribution is -0.265. The first kappa shape index (κ1) is 17.9. The van der Waals surface area contributed by atoms with Crippen molar-refractivity contribution < 1.29 is 19.7 Å². The van der Waals surface area contributed by atoms with Crippen LogP contribution in [0.1, 0.15) is 66.2 Å². The van der Waals surface area contributed by atoms with Crippen molar-refractivity contribution >= 4 is 5.97 Å². The monoisotopic (exact) mass is 336 g/mol. The Balaban J connectivity index is 1.97. The lowest BCUT2D eigenvalue weighted by atomic mass is 9.44. The largest absolute Gasteiger partial charge is 0.479 e. The molecule has 3 fully saturated rings. The van der Waals surface area contributed by atoms with Gasteiger partial charge in [0.25, 0.3) is 0 Å². The Labute approximate surface area is 145 Å². The number of carboxylic acids is 1. The second kappa shape index (κ2) is 5.31. The van der Waals surface area contributed by atoms with Crippen LogP contribution in [-0.2, 0) is 9.53 Å². The summed E-state index contributed by atoms with van der Waals surface area (Å²) in [5, 5.41) is 20.2. The number of carbonyl (C=O) groups is 1. The van der Waals surface area contributed by atoms with Gasteiger partial charge in [-0.2, -0.15) is 0 Å². The highest BCUT2D eigenvalue weighted by Crippen LogP contribution is 2.65. The standard InChI is InChI=1S/C20H32O4/c1-6-20(16(22)23)12-8-14-18(4)10-9-15(21)17(2,3)13(18)7-11-19(14,5)24-20/h6,13-15,21H,1,7-12H2,2-5H3,(H,22,23)/t13-,14+,15+,18+,19-,20-/m0/s1. The highest BCUT2D eigenvalue weighted by molar-refractivity contribution is 5.80. The highest BCUT2D eigenvalue weighted by atomic mass is 16.5. The Bertz CT molecular complexity index is 556. The second-order valence-electron chi connectivity index (χ2n) is 9.38. The maximum atomic E-state index is 11.8. The SMILES string of the molecule is C=C[C@@]1(C(=O)O)CC[C@@H]2[C@]3(C)CC[C@@H](O)C(C)(C)[C@@H]3CC[C@]2(C)O1. The zero-order valence-corrected chi connectivity index (χ0v) is 15.5. The summed E-state index contributed by atoms with van der Waals surface area (Å²) in [5.74, 6) is -0.164. The van der Waals surface area contributed by atoms with Gasteiger partial charge in [-0.3, -0.25) is 0 Å². The van der Waals surface area contributed by atoms with Crippen LogP contribution in [0.5, 0.6) is 0 Å². The van der Waals surface area contributed by atoms with Crippen molar-refractivity contribution in [1.82, 2.24) is 0 Å². The molecule has 3 rings (SSSR count). The molecule has 0 unspecified atom stereocenters. The molecule has 24 heavy (non-hydrogen) atoms. The molecule has 4 heteroatoms. The molecule has 0 aromatic rings. The topological polar surface area (TPSA) is 66.8 Å². The number of carboxylic acid groups (broad SMARTS) is 1. The van der Waals surface area contributed by atoms with Crippen molar-refractivity contribution in [3.8, 4) is 0 Å². The van der Waals surface area contributed by atoms with Gasteiger partial charge in [-0.15, -0.1) is 0 Å². The molecule has 0 aromatic heterocycles. The van der Waals surface area contributed by atoms with Gasteiger partial charge in [-0.25, -0.2) is 4.79 Å². The molecule has 0 aromatic carbocycles. The van der Waals surface area contributed by atoms with Gasteiger partial charge in [0, 0.05) is 0 Å². The zero-order valence-electron chi connectivity index (χ0n) is 15.5. The van der Waals surface area contributed by atoms with E-state index in [-0.39, 0.29) is 16.9 Å². The Morgan fingerprint density at radius 3 is 2.29 bits per heavy atom. The van der Waals surface area contributed by atoms with Gasteiger partial charge in [0.2, 0.25) is 0 Å². The van der Waals surface area contributed by atoms with Crippen LogP contribution in [0.25, 0.3) is 0 Å². The minimum atomic E-state index is -1.25. The van der Waals surface area contributed by atoms with Gasteiger partial charge < -0.3 is 14.9 Å². The molecule has 2 N–H and O–H groups in total. The van der Waals surface area contributed by atoms with Crippen molar-refractivity contribution in [3.63, 3.8) is 0 Å². The van der Waals surface area contributed by atoms with Gasteiger partial charge in [-0.1, -0.05) is 27.4 Å². The molecule has 2 aliphatic carbocycles. The summed E-state index contributed by atoms with van der Waals surface area (Å²) in [5.41, 5.74) is -1.71. The fraction of sp³-hybridized carbons (Fsp3) is 0.850. The fourth-order valence-corrected chi connectivity index (χ4v) is 6.46. The van der Waals surface area contributed by atoms with E-state index >= 15 is 0 Å². The summed E-state index contributed by atoms with van der Waals surface area (Å²) in [6.07, 6.45) is 6.16. The lowest BCUT2D eigenvalue weighted by Crippen LogP contribution is -2.65. The van der Waals surface area contributed by atoms with Crippen molar-refractivity contribution in [3.05, 3.63) is 12.7 Å². The maximum absolute atomic E-state index is 11.8. The molecule has 0 radical (unpaired) electrons. The van der Waals surface area contributed by atoms with Crippen LogP contribution in [0, 0.1) is 22.7 Å². The van der Waals surface area contributed by atoms with Crippen molar-refractivity contribution in [2.75, 3.05) is 0 Å². The van der Waals surface area contributed by atoms with Gasteiger partial charge in [0.15, 0.2) is 5.60 Å². The maximum Gasteiger partial charge on any atom is 0.340 e. The molecule has 2 saturated carbocycles. The quantitative estimate of drug-likeness (QED) is 0.753. The summed E-state index contributed by atoms with van der Waals surface area (Å²) in [6.45, 7) is 12.6. The second-order valence-corrected chi connectivity index (χ2v) is 9.38. The van der Waals surface area contributed by atoms with Crippen LogP contribution < -0.4 is 0 Å². The molecule has 136 valence electrons. The lowest BCUT2D eigenvalue weighted by Gasteiger charge is -2.65. The summed E-state index contributed by atoms with van der Waals surface area (Å²) in [6, 6.07) is 0. The molecule has 6 atom stereocenters. The number of hydrogen-bond acceptors (Lipinski definition) is 3. The predicted molar refractivity (Wildman–Crippen MR) is 92.6 cm³/mol. The molecule has 0 amide bonds. The third kappa shape index (κ3) is 2.22. The van der Waals surface area contributed by atoms with Crippen molar-refractivity contribution in [2.24, 2.45) is 22.7 Å². The van der Waals surface area contributed by atoms with E-state index in [4.69, 9.17) is 4.74 Å². The van der Waals surface area contributed by atoms with Crippen LogP contribution in [0.3, 0.4) is 0 Å². The molecule has 1 aliphatic heterocycles. The summed E-state index contributed by atoms with van der Waals surface area (Å²) in [7, 11) is 0. The number of fused-ring (bicyclic) bond motifs is 3. The van der Waals surface area contributed by atoms with E-state index in [1.807, 2.05) is 0 Å². The first-order chi connectivity index (χ1) is 11.0. The molecular weight excluding hydrogens is 304 g/mol. The predicted octanol–water partition coefficient (Wildman–Crippen LogP) is 3.78. The van der Waals surface area contributed by atoms with E-state index in [0.29, 0.717) is 18.3 Å². The third-order valence-electron chi connectivity index (χ3n) is 7.88. The average molecular weight is 336 g/mol. The Morgan fingerprint density at radius 2 is 1.71 bits per heavy atom. The van der Waals surface area contributed by atoms with Crippen LogP contribution in [0.4, 0.5) is 0 Å². The van der Waals surface area contributed by atoms with Crippen LogP contribution in [-0.4, -0.2) is 33.5 Å². The molecule has 1 heterocycles. The number of hydrogen-bond donors (Lipinski definition) is 2. The van der Waals surface area contributed by atoms with Gasteiger partial charge in [0.05, 0.1) is 11.7 Å². The van der Waals surface area contributed by atoms with Gasteiger partial charge in [-0.05, 0) is 74.2 Å². The highest BCUT2D eigenvalue weighted by Gasteiger charge is 2.64. The zero-order chi connectivity index (χ0) is 18.0. The van der Waals surface area contributed by atoms with E-state index in [9.17, 15) is 15.0 Å². The normalized spacial score (nSPS) is 50.5. The van der Waals surface area contributed by atoms with E-state index in [1.165, 1.54) is 6.08 Å². The number of rotatable bonds is 2. The number of aliphatic hydroxyl groups is 1. The molecule has 0 spiro atoms. The number of ether oxygens (including phenoxy) is 1. The fourth-order valence-electron chi connectivity index (χ4n) is 6.46. The minimum absolute atomic E-state index is 0.0849. The Morgan fingerprint density at radius 1 is 1.08 bits per heavy atom. The Hall–Kier alpha value is -0.870. The smallest absolute Gasteiger partial charge is 0.340 e. The average Bonchev–Trinajstić information content (AvgIpc) is 2.50. The Kier molecular flexibility index (Phi) is 3.97. The van der Waals surface area contributed by atoms with Crippen LogP contribution in [0.15, 0.2) is 12.7 Å². The summed E-state index contributed by atoms with van der Waals surface area (Å²) in [4.78, 5) is 11.8. The van der Waals surface area contributed by atoms with Crippen molar-refractivity contribution in [1.29, 1.82) is 0 Å². The summed E-state index contributed by atoms with van der Waals surface area (Å²) >= 11 is 0. The number of aliphatic carboxylic acids is 1. The van der Waals surface area contributed by atoms with E-state index in [1.54, 1.807) is 0 Å². The number of aliphatic hydroxyl groups excluding tert-OH is 1. The van der Waals surface area contributed by atoms with E-state index in [0.717, 1.165) is 32.1 Å².